The molecule has 0 saturated carbocycles. The van der Waals surface area contributed by atoms with Gasteiger partial charge in [-0.25, -0.2) is 4.98 Å². The molecule has 0 aliphatic carbocycles. The lowest BCUT2D eigenvalue weighted by Gasteiger charge is -2.09. The quantitative estimate of drug-likeness (QED) is 0.907. The summed E-state index contributed by atoms with van der Waals surface area (Å²) in [4.78, 5) is 19.2. The van der Waals surface area contributed by atoms with Gasteiger partial charge in [0.25, 0.3) is 5.56 Å². The summed E-state index contributed by atoms with van der Waals surface area (Å²) in [6.07, 6.45) is 0. The number of nitrogens with one attached hydrogen (secondary N) is 1. The Labute approximate surface area is 110 Å². The zero-order valence-corrected chi connectivity index (χ0v) is 11.4. The van der Waals surface area contributed by atoms with Crippen LogP contribution >= 0.6 is 0 Å². The number of hydrogen-bond acceptors (Lipinski definition) is 5. The van der Waals surface area contributed by atoms with Crippen molar-refractivity contribution in [3.05, 3.63) is 33.7 Å². The fourth-order valence-electron chi connectivity index (χ4n) is 1.95. The molecule has 0 spiro atoms. The summed E-state index contributed by atoms with van der Waals surface area (Å²) >= 11 is 0. The van der Waals surface area contributed by atoms with Crippen LogP contribution in [-0.2, 0) is 0 Å². The molecule has 2 aromatic heterocycles. The van der Waals surface area contributed by atoms with Crippen molar-refractivity contribution in [2.45, 2.75) is 26.7 Å². The van der Waals surface area contributed by atoms with Crippen LogP contribution in [0.2, 0.25) is 0 Å². The minimum absolute atomic E-state index is 0.130. The molecular formula is C13H16N4O2. The smallest absolute Gasteiger partial charge is 0.254 e. The molecule has 0 atom stereocenters. The second-order valence-corrected chi connectivity index (χ2v) is 4.53. The Morgan fingerprint density at radius 1 is 1.26 bits per heavy atom. The highest BCUT2D eigenvalue weighted by Gasteiger charge is 2.13. The van der Waals surface area contributed by atoms with E-state index in [-0.39, 0.29) is 11.5 Å². The summed E-state index contributed by atoms with van der Waals surface area (Å²) in [6, 6.07) is 3.38. The summed E-state index contributed by atoms with van der Waals surface area (Å²) in [5.74, 6) is 0.968. The van der Waals surface area contributed by atoms with Crippen molar-refractivity contribution in [1.29, 1.82) is 0 Å². The van der Waals surface area contributed by atoms with E-state index in [0.717, 1.165) is 0 Å². The normalized spacial score (nSPS) is 10.8. The van der Waals surface area contributed by atoms with Crippen molar-refractivity contribution >= 4 is 0 Å². The van der Waals surface area contributed by atoms with Gasteiger partial charge < -0.3 is 9.72 Å². The van der Waals surface area contributed by atoms with E-state index in [4.69, 9.17) is 4.74 Å². The Morgan fingerprint density at radius 2 is 2.00 bits per heavy atom. The van der Waals surface area contributed by atoms with E-state index in [1.807, 2.05) is 20.8 Å². The molecule has 6 heteroatoms. The molecule has 0 saturated heterocycles. The van der Waals surface area contributed by atoms with Crippen molar-refractivity contribution in [3.8, 4) is 17.4 Å². The fourth-order valence-corrected chi connectivity index (χ4v) is 1.95. The predicted molar refractivity (Wildman–Crippen MR) is 71.3 cm³/mol. The topological polar surface area (TPSA) is 80.8 Å². The molecule has 0 amide bonds. The van der Waals surface area contributed by atoms with Crippen molar-refractivity contribution in [2.24, 2.45) is 0 Å². The van der Waals surface area contributed by atoms with Gasteiger partial charge in [0.05, 0.1) is 7.11 Å². The Morgan fingerprint density at radius 3 is 2.47 bits per heavy atom. The first kappa shape index (κ1) is 13.2. The molecule has 0 bridgehead atoms. The van der Waals surface area contributed by atoms with Crippen molar-refractivity contribution in [2.75, 3.05) is 7.11 Å². The zero-order chi connectivity index (χ0) is 14.0. The molecule has 0 radical (unpaired) electrons. The Balaban J connectivity index is 2.49. The number of hydrogen-bond donors (Lipinski definition) is 1. The first-order valence-electron chi connectivity index (χ1n) is 6.01. The average Bonchev–Trinajstić information content (AvgIpc) is 2.37. The number of aromatic amines is 1. The Bertz CT molecular complexity index is 632. The van der Waals surface area contributed by atoms with Crippen LogP contribution in [0.3, 0.4) is 0 Å². The molecule has 2 aromatic rings. The molecule has 1 N–H and O–H groups in total. The summed E-state index contributed by atoms with van der Waals surface area (Å²) in [5, 5.41) is 7.83. The van der Waals surface area contributed by atoms with Crippen LogP contribution in [0.5, 0.6) is 5.88 Å². The maximum atomic E-state index is 12.0. The summed E-state index contributed by atoms with van der Waals surface area (Å²) in [6.45, 7) is 5.75. The van der Waals surface area contributed by atoms with Crippen LogP contribution in [-0.4, -0.2) is 27.3 Å². The highest BCUT2D eigenvalue weighted by molar-refractivity contribution is 5.49. The van der Waals surface area contributed by atoms with E-state index in [2.05, 4.69) is 20.2 Å². The van der Waals surface area contributed by atoms with Crippen molar-refractivity contribution in [1.82, 2.24) is 20.2 Å². The van der Waals surface area contributed by atoms with Gasteiger partial charge in [0, 0.05) is 17.3 Å². The molecular weight excluding hydrogens is 244 g/mol. The molecule has 6 nitrogen and oxygen atoms in total. The number of nitrogens with zero attached hydrogens (tertiary/aromatic N) is 3. The number of ether oxygens (including phenoxy) is 1. The lowest BCUT2D eigenvalue weighted by molar-refractivity contribution is 0.392. The van der Waals surface area contributed by atoms with Crippen LogP contribution < -0.4 is 10.3 Å². The number of methoxy groups -OCH3 is 1. The van der Waals surface area contributed by atoms with Crippen LogP contribution in [0.4, 0.5) is 0 Å². The van der Waals surface area contributed by atoms with Gasteiger partial charge in [0.15, 0.2) is 5.82 Å². The second kappa shape index (κ2) is 5.17. The Hall–Kier alpha value is -2.24. The van der Waals surface area contributed by atoms with Gasteiger partial charge in [-0.1, -0.05) is 13.8 Å². The van der Waals surface area contributed by atoms with Gasteiger partial charge in [0.1, 0.15) is 5.69 Å². The minimum Gasteiger partial charge on any atom is -0.480 e. The molecule has 2 rings (SSSR count). The first-order valence-corrected chi connectivity index (χ1v) is 6.01. The maximum absolute atomic E-state index is 12.0. The minimum atomic E-state index is -0.130. The molecule has 100 valence electrons. The highest BCUT2D eigenvalue weighted by Crippen LogP contribution is 2.16. The highest BCUT2D eigenvalue weighted by atomic mass is 16.5. The largest absolute Gasteiger partial charge is 0.480 e. The van der Waals surface area contributed by atoms with E-state index < -0.39 is 0 Å². The maximum Gasteiger partial charge on any atom is 0.254 e. The third-order valence-corrected chi connectivity index (χ3v) is 2.82. The van der Waals surface area contributed by atoms with Crippen molar-refractivity contribution in [3.63, 3.8) is 0 Å². The monoisotopic (exact) mass is 260 g/mol. The van der Waals surface area contributed by atoms with E-state index in [0.29, 0.717) is 28.7 Å². The van der Waals surface area contributed by atoms with Crippen LogP contribution in [0, 0.1) is 6.92 Å². The lowest BCUT2D eigenvalue weighted by atomic mass is 10.0. The zero-order valence-electron chi connectivity index (χ0n) is 11.4. The van der Waals surface area contributed by atoms with Crippen molar-refractivity contribution < 1.29 is 4.74 Å². The molecule has 0 aliphatic heterocycles. The second-order valence-electron chi connectivity index (χ2n) is 4.53. The summed E-state index contributed by atoms with van der Waals surface area (Å²) in [7, 11) is 1.52. The van der Waals surface area contributed by atoms with Gasteiger partial charge in [-0.3, -0.25) is 4.79 Å². The van der Waals surface area contributed by atoms with Gasteiger partial charge in [0.2, 0.25) is 5.88 Å². The van der Waals surface area contributed by atoms with Gasteiger partial charge in [-0.2, -0.15) is 0 Å². The summed E-state index contributed by atoms with van der Waals surface area (Å²) in [5.41, 5.74) is 1.79. The number of H-pyrrole nitrogens is 1. The van der Waals surface area contributed by atoms with E-state index in [1.165, 1.54) is 7.11 Å². The van der Waals surface area contributed by atoms with Gasteiger partial charge in [-0.15, -0.1) is 10.2 Å². The Kier molecular flexibility index (Phi) is 3.59. The number of rotatable bonds is 3. The van der Waals surface area contributed by atoms with E-state index >= 15 is 0 Å². The lowest BCUT2D eigenvalue weighted by Crippen LogP contribution is -2.18. The number of aryl methyl sites for hydroxylation is 1. The first-order chi connectivity index (χ1) is 9.02. The van der Waals surface area contributed by atoms with E-state index in [1.54, 1.807) is 12.1 Å². The predicted octanol–water partition coefficient (Wildman–Crippen LogP) is 1.67. The van der Waals surface area contributed by atoms with E-state index in [9.17, 15) is 4.79 Å². The molecule has 2 heterocycles. The van der Waals surface area contributed by atoms with Crippen LogP contribution in [0.15, 0.2) is 16.9 Å². The molecule has 0 fully saturated rings. The summed E-state index contributed by atoms with van der Waals surface area (Å²) < 4.78 is 4.94. The third kappa shape index (κ3) is 2.62. The fraction of sp³-hybridized carbons (Fsp3) is 0.385. The van der Waals surface area contributed by atoms with Gasteiger partial charge in [-0.05, 0) is 18.9 Å². The molecule has 19 heavy (non-hydrogen) atoms. The molecule has 0 aliphatic rings. The van der Waals surface area contributed by atoms with Crippen LogP contribution in [0.25, 0.3) is 11.5 Å². The van der Waals surface area contributed by atoms with Gasteiger partial charge >= 0.3 is 0 Å². The SMILES string of the molecule is COc1ccc(-c2nc(C)c(C(C)C)c(=O)[nH]2)nn1. The number of aromatic nitrogens is 4. The molecule has 0 aromatic carbocycles. The standard InChI is InChI=1S/C13H16N4O2/c1-7(2)11-8(3)14-12(15-13(11)18)9-5-6-10(19-4)17-16-9/h5-7H,1-4H3,(H,14,15,18). The van der Waals surface area contributed by atoms with Crippen LogP contribution in [0.1, 0.15) is 31.0 Å². The average molecular weight is 260 g/mol. The third-order valence-electron chi connectivity index (χ3n) is 2.82. The molecule has 0 unspecified atom stereocenters.